The van der Waals surface area contributed by atoms with Crippen LogP contribution in [0.25, 0.3) is 0 Å². The number of rotatable bonds is 4. The smallest absolute Gasteiger partial charge is 0.328 e. The second kappa shape index (κ2) is 6.13. The maximum absolute atomic E-state index is 13.7. The van der Waals surface area contributed by atoms with Gasteiger partial charge in [0.2, 0.25) is 0 Å². The van der Waals surface area contributed by atoms with Gasteiger partial charge in [0, 0.05) is 6.07 Å². The van der Waals surface area contributed by atoms with Crippen LogP contribution in [0.4, 0.5) is 25.0 Å². The van der Waals surface area contributed by atoms with Gasteiger partial charge in [0.15, 0.2) is 0 Å². The van der Waals surface area contributed by atoms with E-state index in [-0.39, 0.29) is 17.9 Å². The molecule has 3 rings (SSSR count). The van der Waals surface area contributed by atoms with Crippen LogP contribution in [0.3, 0.4) is 0 Å². The van der Waals surface area contributed by atoms with E-state index in [0.717, 1.165) is 17.0 Å². The van der Waals surface area contributed by atoms with Crippen molar-refractivity contribution in [2.75, 3.05) is 16.2 Å². The lowest BCUT2D eigenvalue weighted by Crippen LogP contribution is -2.30. The highest BCUT2D eigenvalue weighted by atomic mass is 32.2. The first-order chi connectivity index (χ1) is 11.8. The van der Waals surface area contributed by atoms with Crippen molar-refractivity contribution in [2.24, 2.45) is 0 Å². The van der Waals surface area contributed by atoms with E-state index in [1.807, 2.05) is 0 Å². The first kappa shape index (κ1) is 16.8. The average molecular weight is 367 g/mol. The number of anilines is 2. The van der Waals surface area contributed by atoms with Crippen molar-refractivity contribution < 1.29 is 26.8 Å². The Bertz CT molecular complexity index is 962. The molecule has 1 aliphatic rings. The van der Waals surface area contributed by atoms with Crippen LogP contribution in [0.15, 0.2) is 47.4 Å². The highest BCUT2D eigenvalue weighted by Crippen LogP contribution is 2.24. The highest BCUT2D eigenvalue weighted by Gasteiger charge is 2.30. The van der Waals surface area contributed by atoms with Crippen LogP contribution in [-0.2, 0) is 14.8 Å². The highest BCUT2D eigenvalue weighted by molar-refractivity contribution is 7.92. The summed E-state index contributed by atoms with van der Waals surface area (Å²) >= 11 is 0. The summed E-state index contributed by atoms with van der Waals surface area (Å²) in [5.41, 5.74) is 0.161. The first-order valence-electron chi connectivity index (χ1n) is 6.97. The van der Waals surface area contributed by atoms with Gasteiger partial charge in [0.1, 0.15) is 16.5 Å². The molecule has 0 bridgehead atoms. The molecule has 1 fully saturated rings. The summed E-state index contributed by atoms with van der Waals surface area (Å²) in [6.45, 7) is -0.157. The summed E-state index contributed by atoms with van der Waals surface area (Å²) in [7, 11) is -4.32. The van der Waals surface area contributed by atoms with Gasteiger partial charge in [0.05, 0.1) is 17.9 Å². The van der Waals surface area contributed by atoms with Crippen molar-refractivity contribution in [1.29, 1.82) is 0 Å². The maximum atomic E-state index is 13.7. The molecule has 10 heteroatoms. The predicted octanol–water partition coefficient (Wildman–Crippen LogP) is 1.82. The molecule has 3 amide bonds. The van der Waals surface area contributed by atoms with E-state index in [1.54, 1.807) is 0 Å². The molecule has 0 atom stereocenters. The molecule has 25 heavy (non-hydrogen) atoms. The molecule has 0 radical (unpaired) electrons. The fourth-order valence-electron chi connectivity index (χ4n) is 2.30. The van der Waals surface area contributed by atoms with Crippen LogP contribution < -0.4 is 14.9 Å². The van der Waals surface area contributed by atoms with Gasteiger partial charge < -0.3 is 5.32 Å². The van der Waals surface area contributed by atoms with Crippen molar-refractivity contribution >= 4 is 33.3 Å². The lowest BCUT2D eigenvalue weighted by atomic mass is 10.2. The summed E-state index contributed by atoms with van der Waals surface area (Å²) in [5, 5.41) is 2.34. The number of nitrogens with zero attached hydrogens (tertiary/aromatic N) is 1. The van der Waals surface area contributed by atoms with Gasteiger partial charge in [-0.05, 0) is 30.3 Å². The molecule has 0 spiro atoms. The van der Waals surface area contributed by atoms with Crippen molar-refractivity contribution in [3.63, 3.8) is 0 Å². The average Bonchev–Trinajstić information content (AvgIpc) is 2.85. The van der Waals surface area contributed by atoms with Crippen LogP contribution in [0.1, 0.15) is 0 Å². The predicted molar refractivity (Wildman–Crippen MR) is 84.5 cm³/mol. The normalized spacial score (nSPS) is 14.6. The number of carbonyl (C=O) groups excluding carboxylic acids is 2. The molecule has 0 aromatic heterocycles. The minimum Gasteiger partial charge on any atom is -0.328 e. The molecule has 130 valence electrons. The quantitative estimate of drug-likeness (QED) is 0.806. The molecule has 2 aromatic rings. The van der Waals surface area contributed by atoms with E-state index >= 15 is 0 Å². The van der Waals surface area contributed by atoms with Crippen LogP contribution in [0, 0.1) is 11.6 Å². The Balaban J connectivity index is 1.92. The summed E-state index contributed by atoms with van der Waals surface area (Å²) < 4.78 is 53.3. The molecule has 1 saturated heterocycles. The zero-order valence-corrected chi connectivity index (χ0v) is 13.3. The second-order valence-corrected chi connectivity index (χ2v) is 6.77. The molecule has 0 unspecified atom stereocenters. The standard InChI is InChI=1S/C15H11F2N3O4S/c16-9-4-5-13(12(17)6-9)25(23,24)19-10-2-1-3-11(7-10)20-14(21)8-18-15(20)22/h1-7,19H,8H2,(H,18,22). The Hall–Kier alpha value is -3.01. The van der Waals surface area contributed by atoms with E-state index in [1.165, 1.54) is 24.3 Å². The number of amides is 3. The summed E-state index contributed by atoms with van der Waals surface area (Å²) in [6, 6.07) is 6.93. The molecule has 1 heterocycles. The molecule has 0 saturated carbocycles. The van der Waals surface area contributed by atoms with Gasteiger partial charge in [0.25, 0.3) is 15.9 Å². The first-order valence-corrected chi connectivity index (χ1v) is 8.45. The second-order valence-electron chi connectivity index (χ2n) is 5.12. The fraction of sp³-hybridized carbons (Fsp3) is 0.0667. The topological polar surface area (TPSA) is 95.6 Å². The van der Waals surface area contributed by atoms with E-state index in [4.69, 9.17) is 0 Å². The number of halogens is 2. The lowest BCUT2D eigenvalue weighted by Gasteiger charge is -2.14. The van der Waals surface area contributed by atoms with Crippen LogP contribution in [0.2, 0.25) is 0 Å². The van der Waals surface area contributed by atoms with E-state index in [0.29, 0.717) is 6.07 Å². The molecule has 2 aromatic carbocycles. The summed E-state index contributed by atoms with van der Waals surface area (Å²) in [4.78, 5) is 23.5. The Kier molecular flexibility index (Phi) is 4.13. The minimum absolute atomic E-state index is 0.00808. The zero-order valence-electron chi connectivity index (χ0n) is 12.5. The molecular weight excluding hydrogens is 356 g/mol. The van der Waals surface area contributed by atoms with Crippen molar-refractivity contribution in [3.05, 3.63) is 54.1 Å². The minimum atomic E-state index is -4.32. The van der Waals surface area contributed by atoms with Gasteiger partial charge in [-0.15, -0.1) is 0 Å². The van der Waals surface area contributed by atoms with Gasteiger partial charge in [-0.25, -0.2) is 26.9 Å². The van der Waals surface area contributed by atoms with Crippen LogP contribution in [0.5, 0.6) is 0 Å². The number of imide groups is 1. The Morgan fingerprint density at radius 2 is 1.84 bits per heavy atom. The largest absolute Gasteiger partial charge is 0.329 e. The van der Waals surface area contributed by atoms with E-state index < -0.39 is 38.5 Å². The Morgan fingerprint density at radius 3 is 2.48 bits per heavy atom. The number of nitrogens with one attached hydrogen (secondary N) is 2. The number of carbonyl (C=O) groups is 2. The number of hydrogen-bond acceptors (Lipinski definition) is 4. The molecule has 1 aliphatic heterocycles. The van der Waals surface area contributed by atoms with E-state index in [9.17, 15) is 26.8 Å². The SMILES string of the molecule is O=C1CNC(=O)N1c1cccc(NS(=O)(=O)c2ccc(F)cc2F)c1. The third kappa shape index (κ3) is 3.29. The van der Waals surface area contributed by atoms with Gasteiger partial charge in [-0.2, -0.15) is 0 Å². The summed E-state index contributed by atoms with van der Waals surface area (Å²) in [6.07, 6.45) is 0. The molecular formula is C15H11F2N3O4S. The number of hydrogen-bond donors (Lipinski definition) is 2. The van der Waals surface area contributed by atoms with Crippen molar-refractivity contribution in [3.8, 4) is 0 Å². The fourth-order valence-corrected chi connectivity index (χ4v) is 3.41. The van der Waals surface area contributed by atoms with Crippen molar-refractivity contribution in [2.45, 2.75) is 4.90 Å². The van der Waals surface area contributed by atoms with Gasteiger partial charge in [-0.1, -0.05) is 6.07 Å². The molecule has 7 nitrogen and oxygen atoms in total. The lowest BCUT2D eigenvalue weighted by molar-refractivity contribution is -0.115. The van der Waals surface area contributed by atoms with Crippen LogP contribution >= 0.6 is 0 Å². The molecule has 0 aliphatic carbocycles. The Labute approximate surface area is 141 Å². The van der Waals surface area contributed by atoms with E-state index in [2.05, 4.69) is 10.0 Å². The molecule has 2 N–H and O–H groups in total. The summed E-state index contributed by atoms with van der Waals surface area (Å²) in [5.74, 6) is -2.63. The maximum Gasteiger partial charge on any atom is 0.329 e. The third-order valence-electron chi connectivity index (χ3n) is 3.38. The Morgan fingerprint density at radius 1 is 1.08 bits per heavy atom. The third-order valence-corrected chi connectivity index (χ3v) is 4.80. The van der Waals surface area contributed by atoms with Crippen LogP contribution in [-0.4, -0.2) is 26.9 Å². The number of benzene rings is 2. The van der Waals surface area contributed by atoms with Gasteiger partial charge >= 0.3 is 6.03 Å². The zero-order chi connectivity index (χ0) is 18.2. The number of sulfonamides is 1. The number of urea groups is 1. The van der Waals surface area contributed by atoms with Crippen molar-refractivity contribution in [1.82, 2.24) is 5.32 Å². The monoisotopic (exact) mass is 367 g/mol. The van der Waals surface area contributed by atoms with Gasteiger partial charge in [-0.3, -0.25) is 9.52 Å².